The third-order valence-corrected chi connectivity index (χ3v) is 2.21. The Kier molecular flexibility index (Phi) is 3.09. The molecule has 2 aromatic heterocycles. The van der Waals surface area contributed by atoms with Crippen LogP contribution in [0.3, 0.4) is 0 Å². The number of anilines is 1. The summed E-state index contributed by atoms with van der Waals surface area (Å²) in [6.07, 6.45) is 3.58. The molecule has 0 aliphatic heterocycles. The van der Waals surface area contributed by atoms with Gasteiger partial charge in [0.25, 0.3) is 0 Å². The molecule has 0 radical (unpaired) electrons. The van der Waals surface area contributed by atoms with Gasteiger partial charge in [0.2, 0.25) is 0 Å². The van der Waals surface area contributed by atoms with Crippen LogP contribution in [0.25, 0.3) is 11.4 Å². The number of nitrogens with one attached hydrogen (secondary N) is 1. The fraction of sp³-hybridized carbons (Fsp3) is 0.286. The summed E-state index contributed by atoms with van der Waals surface area (Å²) in [5.41, 5.74) is 2.89. The lowest BCUT2D eigenvalue weighted by Crippen LogP contribution is -2.26. The normalized spacial score (nSPS) is 11.2. The first-order chi connectivity index (χ1) is 8.04. The molecule has 2 heterocycles. The predicted octanol–water partition coefficient (Wildman–Crippen LogP) is 3.35. The highest BCUT2D eigenvalue weighted by Gasteiger charge is 2.10. The molecule has 0 amide bonds. The maximum absolute atomic E-state index is 4.34. The molecular formula is C14H17N3. The Balaban J connectivity index is 2.29. The first-order valence-electron chi connectivity index (χ1n) is 5.70. The van der Waals surface area contributed by atoms with Gasteiger partial charge in [-0.05, 0) is 45.0 Å². The molecule has 2 rings (SSSR count). The third kappa shape index (κ3) is 3.28. The average Bonchev–Trinajstić information content (AvgIpc) is 2.28. The van der Waals surface area contributed by atoms with E-state index >= 15 is 0 Å². The van der Waals surface area contributed by atoms with Crippen LogP contribution in [0.1, 0.15) is 20.8 Å². The van der Waals surface area contributed by atoms with Gasteiger partial charge >= 0.3 is 0 Å². The van der Waals surface area contributed by atoms with E-state index in [2.05, 4.69) is 36.1 Å². The highest BCUT2D eigenvalue weighted by atomic mass is 15.0. The van der Waals surface area contributed by atoms with Gasteiger partial charge in [-0.2, -0.15) is 0 Å². The van der Waals surface area contributed by atoms with E-state index in [-0.39, 0.29) is 5.54 Å². The Morgan fingerprint density at radius 3 is 2.35 bits per heavy atom. The Morgan fingerprint density at radius 1 is 0.941 bits per heavy atom. The van der Waals surface area contributed by atoms with Gasteiger partial charge in [0.15, 0.2) is 0 Å². The predicted molar refractivity (Wildman–Crippen MR) is 70.8 cm³/mol. The quantitative estimate of drug-likeness (QED) is 0.855. The first-order valence-corrected chi connectivity index (χ1v) is 5.70. The fourth-order valence-electron chi connectivity index (χ4n) is 1.60. The third-order valence-electron chi connectivity index (χ3n) is 2.21. The maximum atomic E-state index is 4.34. The standard InChI is InChI=1S/C14H17N3/c1-14(2,3)17-11-7-9-16-13(10-11)12-6-4-5-8-15-12/h4-10H,1-3H3,(H,16,17). The monoisotopic (exact) mass is 227 g/mol. The summed E-state index contributed by atoms with van der Waals surface area (Å²) >= 11 is 0. The smallest absolute Gasteiger partial charge is 0.0906 e. The summed E-state index contributed by atoms with van der Waals surface area (Å²) in [5.74, 6) is 0. The van der Waals surface area contributed by atoms with Crippen molar-refractivity contribution >= 4 is 5.69 Å². The van der Waals surface area contributed by atoms with Crippen molar-refractivity contribution in [3.8, 4) is 11.4 Å². The van der Waals surface area contributed by atoms with Crippen LogP contribution in [0.2, 0.25) is 0 Å². The second kappa shape index (κ2) is 4.53. The van der Waals surface area contributed by atoms with Gasteiger partial charge in [0.1, 0.15) is 0 Å². The van der Waals surface area contributed by atoms with Gasteiger partial charge in [0.05, 0.1) is 11.4 Å². The van der Waals surface area contributed by atoms with Crippen LogP contribution in [-0.4, -0.2) is 15.5 Å². The van der Waals surface area contributed by atoms with E-state index in [4.69, 9.17) is 0 Å². The lowest BCUT2D eigenvalue weighted by molar-refractivity contribution is 0.634. The molecule has 0 saturated carbocycles. The van der Waals surface area contributed by atoms with Crippen molar-refractivity contribution in [3.05, 3.63) is 42.7 Å². The SMILES string of the molecule is CC(C)(C)Nc1ccnc(-c2ccccn2)c1. The fourth-order valence-corrected chi connectivity index (χ4v) is 1.60. The molecule has 2 aromatic rings. The van der Waals surface area contributed by atoms with Crippen molar-refractivity contribution in [1.29, 1.82) is 0 Å². The Labute approximate surface area is 102 Å². The lowest BCUT2D eigenvalue weighted by Gasteiger charge is -2.22. The van der Waals surface area contributed by atoms with E-state index in [0.717, 1.165) is 17.1 Å². The molecule has 0 aliphatic carbocycles. The van der Waals surface area contributed by atoms with Gasteiger partial charge < -0.3 is 5.32 Å². The molecule has 0 aromatic carbocycles. The van der Waals surface area contributed by atoms with Crippen molar-refractivity contribution in [3.63, 3.8) is 0 Å². The molecule has 0 unspecified atom stereocenters. The molecule has 88 valence electrons. The second-order valence-electron chi connectivity index (χ2n) is 5.02. The minimum atomic E-state index is 0.0444. The number of nitrogens with zero attached hydrogens (tertiary/aromatic N) is 2. The summed E-state index contributed by atoms with van der Waals surface area (Å²) in [6.45, 7) is 6.40. The molecule has 0 aliphatic rings. The molecule has 0 spiro atoms. The lowest BCUT2D eigenvalue weighted by atomic mass is 10.1. The van der Waals surface area contributed by atoms with Gasteiger partial charge in [-0.15, -0.1) is 0 Å². The van der Waals surface area contributed by atoms with Crippen LogP contribution in [0.5, 0.6) is 0 Å². The summed E-state index contributed by atoms with van der Waals surface area (Å²) < 4.78 is 0. The van der Waals surface area contributed by atoms with Crippen LogP contribution in [0.4, 0.5) is 5.69 Å². The zero-order chi connectivity index (χ0) is 12.3. The van der Waals surface area contributed by atoms with Crippen molar-refractivity contribution in [2.75, 3.05) is 5.32 Å². The van der Waals surface area contributed by atoms with E-state index in [9.17, 15) is 0 Å². The summed E-state index contributed by atoms with van der Waals surface area (Å²) in [5, 5.41) is 3.42. The molecule has 0 atom stereocenters. The second-order valence-corrected chi connectivity index (χ2v) is 5.02. The van der Waals surface area contributed by atoms with Crippen LogP contribution < -0.4 is 5.32 Å². The molecule has 17 heavy (non-hydrogen) atoms. The van der Waals surface area contributed by atoms with Crippen molar-refractivity contribution in [2.24, 2.45) is 0 Å². The number of rotatable bonds is 2. The average molecular weight is 227 g/mol. The summed E-state index contributed by atoms with van der Waals surface area (Å²) in [4.78, 5) is 8.63. The zero-order valence-electron chi connectivity index (χ0n) is 10.4. The highest BCUT2D eigenvalue weighted by Crippen LogP contribution is 2.20. The minimum Gasteiger partial charge on any atom is -0.380 e. The van der Waals surface area contributed by atoms with E-state index in [0.29, 0.717) is 0 Å². The van der Waals surface area contributed by atoms with Gasteiger partial charge in [-0.25, -0.2) is 0 Å². The molecule has 0 fully saturated rings. The van der Waals surface area contributed by atoms with Gasteiger partial charge in [-0.1, -0.05) is 6.07 Å². The van der Waals surface area contributed by atoms with E-state index in [1.807, 2.05) is 30.3 Å². The van der Waals surface area contributed by atoms with Crippen molar-refractivity contribution < 1.29 is 0 Å². The number of pyridine rings is 2. The number of hydrogen-bond acceptors (Lipinski definition) is 3. The van der Waals surface area contributed by atoms with E-state index in [1.165, 1.54) is 0 Å². The number of aromatic nitrogens is 2. The van der Waals surface area contributed by atoms with E-state index < -0.39 is 0 Å². The molecule has 3 nitrogen and oxygen atoms in total. The highest BCUT2D eigenvalue weighted by molar-refractivity contribution is 5.60. The number of hydrogen-bond donors (Lipinski definition) is 1. The van der Waals surface area contributed by atoms with Gasteiger partial charge in [0, 0.05) is 23.6 Å². The van der Waals surface area contributed by atoms with Crippen LogP contribution in [0.15, 0.2) is 42.7 Å². The topological polar surface area (TPSA) is 37.8 Å². The molecule has 1 N–H and O–H groups in total. The van der Waals surface area contributed by atoms with Crippen molar-refractivity contribution in [2.45, 2.75) is 26.3 Å². The minimum absolute atomic E-state index is 0.0444. The largest absolute Gasteiger partial charge is 0.380 e. The van der Waals surface area contributed by atoms with Gasteiger partial charge in [-0.3, -0.25) is 9.97 Å². The maximum Gasteiger partial charge on any atom is 0.0906 e. The summed E-state index contributed by atoms with van der Waals surface area (Å²) in [7, 11) is 0. The van der Waals surface area contributed by atoms with Crippen LogP contribution >= 0.6 is 0 Å². The van der Waals surface area contributed by atoms with Crippen molar-refractivity contribution in [1.82, 2.24) is 9.97 Å². The van der Waals surface area contributed by atoms with Crippen LogP contribution in [0, 0.1) is 0 Å². The summed E-state index contributed by atoms with van der Waals surface area (Å²) in [6, 6.07) is 9.82. The molecule has 3 heteroatoms. The Bertz CT molecular complexity index is 486. The van der Waals surface area contributed by atoms with Crippen LogP contribution in [-0.2, 0) is 0 Å². The Hall–Kier alpha value is -1.90. The first kappa shape index (κ1) is 11.6. The zero-order valence-corrected chi connectivity index (χ0v) is 10.4. The molecule has 0 saturated heterocycles. The molecular weight excluding hydrogens is 210 g/mol. The molecule has 0 bridgehead atoms. The Morgan fingerprint density at radius 2 is 1.71 bits per heavy atom. The van der Waals surface area contributed by atoms with E-state index in [1.54, 1.807) is 12.4 Å².